The lowest BCUT2D eigenvalue weighted by Crippen LogP contribution is -2.52. The van der Waals surface area contributed by atoms with Crippen LogP contribution in [0, 0.1) is 0 Å². The molecule has 4 heterocycles. The number of likely N-dealkylation sites (tertiary alicyclic amines) is 1. The highest BCUT2D eigenvalue weighted by Crippen LogP contribution is 2.40. The van der Waals surface area contributed by atoms with E-state index in [2.05, 4.69) is 0 Å². The number of pyridine rings is 1. The van der Waals surface area contributed by atoms with Gasteiger partial charge in [0.1, 0.15) is 22.7 Å². The number of amides is 1. The molecule has 176 valence electrons. The molecule has 0 bridgehead atoms. The highest BCUT2D eigenvalue weighted by atomic mass is 16.5. The minimum Gasteiger partial charge on any atom is -0.497 e. The molecule has 2 aliphatic heterocycles. The Balaban J connectivity index is 1.17. The Hall–Kier alpha value is -4.13. The number of hydrogen-bond donors (Lipinski definition) is 0. The van der Waals surface area contributed by atoms with E-state index in [1.54, 1.807) is 25.3 Å². The molecule has 7 heteroatoms. The molecule has 2 aliphatic rings. The summed E-state index contributed by atoms with van der Waals surface area (Å²) in [7, 11) is 1.58. The van der Waals surface area contributed by atoms with Crippen LogP contribution < -0.4 is 9.47 Å². The predicted molar refractivity (Wildman–Crippen MR) is 131 cm³/mol. The fraction of sp³-hybridized carbons (Fsp3) is 0.250. The summed E-state index contributed by atoms with van der Waals surface area (Å²) < 4.78 is 13.5. The summed E-state index contributed by atoms with van der Waals surface area (Å²) in [5, 5.41) is 0. The normalized spacial score (nSPS) is 16.7. The summed E-state index contributed by atoms with van der Waals surface area (Å²) in [5.74, 6) is 1.27. The highest BCUT2D eigenvalue weighted by Gasteiger charge is 2.43. The van der Waals surface area contributed by atoms with Crippen molar-refractivity contribution in [1.29, 1.82) is 0 Å². The molecule has 1 spiro atoms. The molecule has 0 saturated carbocycles. The molecular formula is C28H25N3O4. The van der Waals surface area contributed by atoms with Crippen molar-refractivity contribution in [2.24, 2.45) is 0 Å². The van der Waals surface area contributed by atoms with Crippen LogP contribution in [0.15, 0.2) is 73.1 Å². The average Bonchev–Trinajstić information content (AvgIpc) is 3.33. The van der Waals surface area contributed by atoms with Crippen LogP contribution in [-0.4, -0.2) is 51.8 Å². The van der Waals surface area contributed by atoms with Crippen LogP contribution in [0.25, 0.3) is 16.9 Å². The van der Waals surface area contributed by atoms with E-state index in [-0.39, 0.29) is 11.7 Å². The van der Waals surface area contributed by atoms with Crippen molar-refractivity contribution >= 4 is 17.3 Å². The highest BCUT2D eigenvalue weighted by molar-refractivity contribution is 6.01. The molecule has 1 saturated heterocycles. The first-order valence-electron chi connectivity index (χ1n) is 11.8. The first-order valence-corrected chi connectivity index (χ1v) is 11.8. The van der Waals surface area contributed by atoms with Crippen molar-refractivity contribution < 1.29 is 19.1 Å². The van der Waals surface area contributed by atoms with Crippen LogP contribution >= 0.6 is 0 Å². The Morgan fingerprint density at radius 2 is 1.86 bits per heavy atom. The lowest BCUT2D eigenvalue weighted by atomic mass is 9.82. The lowest BCUT2D eigenvalue weighted by Gasteiger charge is -2.44. The van der Waals surface area contributed by atoms with Gasteiger partial charge in [0.05, 0.1) is 24.8 Å². The second-order valence-electron chi connectivity index (χ2n) is 9.21. The summed E-state index contributed by atoms with van der Waals surface area (Å²) in [4.78, 5) is 32.7. The fourth-order valence-corrected chi connectivity index (χ4v) is 5.04. The number of rotatable bonds is 3. The first kappa shape index (κ1) is 21.4. The Bertz CT molecular complexity index is 1440. The molecule has 1 fully saturated rings. The van der Waals surface area contributed by atoms with Gasteiger partial charge in [-0.15, -0.1) is 0 Å². The number of carbonyl (C=O) groups is 2. The molecule has 0 radical (unpaired) electrons. The number of ether oxygens (including phenoxy) is 2. The Kier molecular flexibility index (Phi) is 5.06. The second-order valence-corrected chi connectivity index (χ2v) is 9.21. The Morgan fingerprint density at radius 3 is 2.63 bits per heavy atom. The minimum atomic E-state index is -0.562. The molecule has 35 heavy (non-hydrogen) atoms. The van der Waals surface area contributed by atoms with Gasteiger partial charge >= 0.3 is 0 Å². The topological polar surface area (TPSA) is 73.1 Å². The molecule has 0 N–H and O–H groups in total. The van der Waals surface area contributed by atoms with E-state index in [0.717, 1.165) is 16.9 Å². The van der Waals surface area contributed by atoms with Crippen molar-refractivity contribution in [3.63, 3.8) is 0 Å². The Morgan fingerprint density at radius 1 is 1.06 bits per heavy atom. The van der Waals surface area contributed by atoms with Crippen molar-refractivity contribution in [2.45, 2.75) is 24.9 Å². The van der Waals surface area contributed by atoms with E-state index in [0.29, 0.717) is 55.0 Å². The molecule has 6 rings (SSSR count). The van der Waals surface area contributed by atoms with Gasteiger partial charge in [-0.2, -0.15) is 0 Å². The van der Waals surface area contributed by atoms with Gasteiger partial charge in [0.2, 0.25) is 0 Å². The van der Waals surface area contributed by atoms with Crippen LogP contribution in [0.4, 0.5) is 0 Å². The average molecular weight is 468 g/mol. The summed E-state index contributed by atoms with van der Waals surface area (Å²) in [6.07, 6.45) is 5.38. The van der Waals surface area contributed by atoms with Crippen LogP contribution in [-0.2, 0) is 0 Å². The molecule has 2 aromatic carbocycles. The van der Waals surface area contributed by atoms with Gasteiger partial charge in [-0.05, 0) is 30.3 Å². The van der Waals surface area contributed by atoms with Crippen molar-refractivity contribution in [2.75, 3.05) is 20.2 Å². The van der Waals surface area contributed by atoms with E-state index in [1.165, 1.54) is 0 Å². The smallest absolute Gasteiger partial charge is 0.254 e. The molecule has 4 aromatic rings. The number of fused-ring (bicyclic) bond motifs is 2. The molecule has 0 unspecified atom stereocenters. The number of carbonyl (C=O) groups excluding carboxylic acids is 2. The largest absolute Gasteiger partial charge is 0.497 e. The number of aromatic nitrogens is 2. The van der Waals surface area contributed by atoms with Gasteiger partial charge in [0.25, 0.3) is 5.91 Å². The monoisotopic (exact) mass is 467 g/mol. The first-order chi connectivity index (χ1) is 17.0. The zero-order valence-electron chi connectivity index (χ0n) is 19.4. The quantitative estimate of drug-likeness (QED) is 0.439. The Labute approximate surface area is 202 Å². The number of Topliss-reactive ketones (excluding diaryl/α,β-unsaturated/α-hetero) is 1. The van der Waals surface area contributed by atoms with Gasteiger partial charge in [-0.1, -0.05) is 30.3 Å². The number of hydrogen-bond acceptors (Lipinski definition) is 5. The summed E-state index contributed by atoms with van der Waals surface area (Å²) in [5.41, 5.74) is 3.25. The summed E-state index contributed by atoms with van der Waals surface area (Å²) in [6.45, 7) is 1.07. The third kappa shape index (κ3) is 3.83. The van der Waals surface area contributed by atoms with Gasteiger partial charge in [0.15, 0.2) is 5.78 Å². The number of ketones is 1. The summed E-state index contributed by atoms with van der Waals surface area (Å²) in [6, 6.07) is 19.0. The molecule has 2 aromatic heterocycles. The molecular weight excluding hydrogens is 442 g/mol. The fourth-order valence-electron chi connectivity index (χ4n) is 5.04. The predicted octanol–water partition coefficient (Wildman–Crippen LogP) is 4.65. The van der Waals surface area contributed by atoms with E-state index < -0.39 is 5.60 Å². The minimum absolute atomic E-state index is 0.0288. The molecule has 7 nitrogen and oxygen atoms in total. The maximum Gasteiger partial charge on any atom is 0.254 e. The number of imidazole rings is 1. The van der Waals surface area contributed by atoms with Crippen molar-refractivity contribution in [3.8, 4) is 22.8 Å². The van der Waals surface area contributed by atoms with Crippen molar-refractivity contribution in [3.05, 3.63) is 84.2 Å². The van der Waals surface area contributed by atoms with E-state index in [1.807, 2.05) is 64.2 Å². The molecule has 0 atom stereocenters. The van der Waals surface area contributed by atoms with Gasteiger partial charge in [0, 0.05) is 49.5 Å². The molecule has 1 amide bonds. The second kappa shape index (κ2) is 8.27. The number of nitrogens with zero attached hydrogens (tertiary/aromatic N) is 3. The lowest BCUT2D eigenvalue weighted by molar-refractivity contribution is -0.00577. The van der Waals surface area contributed by atoms with E-state index in [9.17, 15) is 9.59 Å². The maximum absolute atomic E-state index is 13.3. The third-order valence-electron chi connectivity index (χ3n) is 7.03. The van der Waals surface area contributed by atoms with Crippen LogP contribution in [0.5, 0.6) is 11.5 Å². The number of piperidine rings is 1. The summed E-state index contributed by atoms with van der Waals surface area (Å²) >= 11 is 0. The van der Waals surface area contributed by atoms with Gasteiger partial charge < -0.3 is 18.8 Å². The number of methoxy groups -OCH3 is 1. The zero-order valence-corrected chi connectivity index (χ0v) is 19.4. The van der Waals surface area contributed by atoms with E-state index >= 15 is 0 Å². The van der Waals surface area contributed by atoms with Crippen molar-refractivity contribution in [1.82, 2.24) is 14.3 Å². The number of benzene rings is 2. The van der Waals surface area contributed by atoms with Crippen LogP contribution in [0.1, 0.15) is 40.0 Å². The van der Waals surface area contributed by atoms with E-state index in [4.69, 9.17) is 14.5 Å². The van der Waals surface area contributed by atoms with Crippen LogP contribution in [0.2, 0.25) is 0 Å². The van der Waals surface area contributed by atoms with Gasteiger partial charge in [-0.25, -0.2) is 4.98 Å². The SMILES string of the molecule is COc1ccc2c(c1)C(=O)CC1(CCN(C(=O)c3ccn4cc(-c5ccccc5)nc4c3)CC1)O2. The maximum atomic E-state index is 13.3. The standard InChI is InChI=1S/C28H25N3O4/c1-34-21-7-8-25-22(16-21)24(32)17-28(35-25)10-13-30(14-11-28)27(33)20-9-12-31-18-23(29-26(31)15-20)19-5-3-2-4-6-19/h2-9,12,15-16,18H,10-11,13-14,17H2,1H3. The van der Waals surface area contributed by atoms with Crippen LogP contribution in [0.3, 0.4) is 0 Å². The third-order valence-corrected chi connectivity index (χ3v) is 7.03. The van der Waals surface area contributed by atoms with Gasteiger partial charge in [-0.3, -0.25) is 9.59 Å². The zero-order chi connectivity index (χ0) is 24.0. The molecule has 0 aliphatic carbocycles.